The Bertz CT molecular complexity index is 1770. The molecule has 1 N–H and O–H groups in total. The number of nitrogens with one attached hydrogen (secondary N) is 1. The molecule has 4 saturated heterocycles. The first-order valence-electron chi connectivity index (χ1n) is 15.6. The van der Waals surface area contributed by atoms with Crippen LogP contribution in [0.5, 0.6) is 6.01 Å². The molecule has 0 radical (unpaired) electrons. The van der Waals surface area contributed by atoms with Crippen LogP contribution in [0, 0.1) is 5.82 Å². The van der Waals surface area contributed by atoms with Crippen LogP contribution in [0.1, 0.15) is 38.5 Å². The Morgan fingerprint density at radius 1 is 1.05 bits per heavy atom. The van der Waals surface area contributed by atoms with Gasteiger partial charge in [0, 0.05) is 42.2 Å². The highest BCUT2D eigenvalue weighted by atomic mass is 31.2. The van der Waals surface area contributed by atoms with Crippen LogP contribution in [0.25, 0.3) is 32.9 Å². The first kappa shape index (κ1) is 27.4. The molecule has 2 aromatic heterocycles. The number of ether oxygens (including phenoxy) is 1. The fraction of sp³-hybridized carbons (Fsp3) is 0.485. The second kappa shape index (κ2) is 10.2. The summed E-state index contributed by atoms with van der Waals surface area (Å²) in [5.41, 5.74) is 1.06. The van der Waals surface area contributed by atoms with E-state index in [-0.39, 0.29) is 22.8 Å². The molecule has 4 aliphatic heterocycles. The van der Waals surface area contributed by atoms with Crippen molar-refractivity contribution >= 4 is 39.9 Å². The van der Waals surface area contributed by atoms with Gasteiger partial charge in [0.25, 0.3) is 0 Å². The lowest BCUT2D eigenvalue weighted by molar-refractivity contribution is 0.108. The van der Waals surface area contributed by atoms with Gasteiger partial charge in [-0.3, -0.25) is 9.88 Å². The number of halogens is 1. The maximum atomic E-state index is 16.8. The normalized spacial score (nSPS) is 23.4. The van der Waals surface area contributed by atoms with E-state index in [9.17, 15) is 4.57 Å². The van der Waals surface area contributed by atoms with Crippen molar-refractivity contribution in [2.24, 2.45) is 0 Å². The van der Waals surface area contributed by atoms with Crippen molar-refractivity contribution in [2.75, 3.05) is 51.0 Å². The van der Waals surface area contributed by atoms with Gasteiger partial charge in [0.15, 0.2) is 5.82 Å². The third kappa shape index (κ3) is 4.71. The number of piperazine rings is 1. The van der Waals surface area contributed by atoms with Crippen LogP contribution in [0.4, 0.5) is 10.2 Å². The maximum Gasteiger partial charge on any atom is 0.319 e. The molecule has 10 heteroatoms. The molecule has 4 aliphatic rings. The van der Waals surface area contributed by atoms with Gasteiger partial charge in [-0.05, 0) is 87.8 Å². The highest BCUT2D eigenvalue weighted by molar-refractivity contribution is 7.70. The molecule has 0 spiro atoms. The Kier molecular flexibility index (Phi) is 6.51. The lowest BCUT2D eigenvalue weighted by atomic mass is 9.95. The van der Waals surface area contributed by atoms with E-state index in [1.807, 2.05) is 36.4 Å². The summed E-state index contributed by atoms with van der Waals surface area (Å²) in [4.78, 5) is 19.2. The minimum absolute atomic E-state index is 0.0299. The molecule has 8 nitrogen and oxygen atoms in total. The molecular formula is C33H38FN6O2P. The molecule has 0 aliphatic carbocycles. The van der Waals surface area contributed by atoms with Gasteiger partial charge in [-0.2, -0.15) is 9.97 Å². The summed E-state index contributed by atoms with van der Waals surface area (Å²) in [5.74, 6) is 0.184. The van der Waals surface area contributed by atoms with Crippen molar-refractivity contribution in [2.45, 2.75) is 56.1 Å². The topological polar surface area (TPSA) is 83.5 Å². The number of fused-ring (bicyclic) bond motifs is 5. The van der Waals surface area contributed by atoms with Crippen LogP contribution >= 0.6 is 7.14 Å². The van der Waals surface area contributed by atoms with Crippen LogP contribution in [0.3, 0.4) is 0 Å². The standard InChI is InChI=1S/C33H38FN6O2P/c1-43(2,41)24-15-21-7-3-4-8-25(21)26(16-24)29-28(34)30-27(17-35-29)31(39-18-22-9-10-23(19-39)36-22)38-32(37-30)42-20-33-11-5-13-40(33)14-6-12-33/h3-4,7-8,15-17,22-23,36H,5-6,9-14,18-20H2,1-2H3. The number of pyridine rings is 1. The molecule has 0 amide bonds. The van der Waals surface area contributed by atoms with E-state index in [1.54, 1.807) is 19.5 Å². The number of anilines is 1. The quantitative estimate of drug-likeness (QED) is 0.303. The summed E-state index contributed by atoms with van der Waals surface area (Å²) in [6.07, 6.45) is 8.55. The lowest BCUT2D eigenvalue weighted by Gasteiger charge is -2.34. The highest BCUT2D eigenvalue weighted by Gasteiger charge is 2.45. The summed E-state index contributed by atoms with van der Waals surface area (Å²) in [6.45, 7) is 7.81. The molecule has 2 bridgehead atoms. The molecule has 224 valence electrons. The third-order valence-corrected chi connectivity index (χ3v) is 11.7. The van der Waals surface area contributed by atoms with Gasteiger partial charge in [0.2, 0.25) is 0 Å². The van der Waals surface area contributed by atoms with E-state index < -0.39 is 13.0 Å². The van der Waals surface area contributed by atoms with Crippen LogP contribution < -0.4 is 20.3 Å². The SMILES string of the molecule is CP(C)(=O)c1cc(-c2ncc3c(N4CC5CCC(C4)N5)nc(OCC45CCCN4CCC5)nc3c2F)c2ccccc2c1. The predicted octanol–water partition coefficient (Wildman–Crippen LogP) is 5.18. The molecule has 0 saturated carbocycles. The number of hydrogen-bond acceptors (Lipinski definition) is 8. The van der Waals surface area contributed by atoms with Gasteiger partial charge in [-0.1, -0.05) is 24.3 Å². The van der Waals surface area contributed by atoms with Crippen LogP contribution in [0.2, 0.25) is 0 Å². The van der Waals surface area contributed by atoms with Crippen molar-refractivity contribution in [1.82, 2.24) is 25.2 Å². The fourth-order valence-corrected chi connectivity index (χ4v) is 8.84. The number of rotatable bonds is 6. The minimum atomic E-state index is -2.61. The number of nitrogens with zero attached hydrogens (tertiary/aromatic N) is 5. The summed E-state index contributed by atoms with van der Waals surface area (Å²) >= 11 is 0. The van der Waals surface area contributed by atoms with Crippen LogP contribution in [-0.2, 0) is 4.57 Å². The Labute approximate surface area is 251 Å². The Morgan fingerprint density at radius 3 is 2.53 bits per heavy atom. The van der Waals surface area contributed by atoms with E-state index in [4.69, 9.17) is 19.7 Å². The van der Waals surface area contributed by atoms with Gasteiger partial charge in [0.05, 0.1) is 10.9 Å². The average molecular weight is 601 g/mol. The van der Waals surface area contributed by atoms with Gasteiger partial charge in [-0.25, -0.2) is 4.39 Å². The Balaban J connectivity index is 1.27. The molecule has 8 rings (SSSR count). The zero-order valence-electron chi connectivity index (χ0n) is 24.9. The van der Waals surface area contributed by atoms with Crippen molar-refractivity contribution in [3.05, 3.63) is 48.4 Å². The van der Waals surface area contributed by atoms with Gasteiger partial charge >= 0.3 is 6.01 Å². The molecule has 2 atom stereocenters. The fourth-order valence-electron chi connectivity index (χ4n) is 7.95. The highest BCUT2D eigenvalue weighted by Crippen LogP contribution is 2.42. The maximum absolute atomic E-state index is 16.8. The van der Waals surface area contributed by atoms with E-state index >= 15 is 4.39 Å². The molecule has 4 aromatic rings. The smallest absolute Gasteiger partial charge is 0.319 e. The van der Waals surface area contributed by atoms with Crippen molar-refractivity contribution in [3.8, 4) is 17.3 Å². The molecule has 2 aromatic carbocycles. The molecule has 4 fully saturated rings. The molecule has 6 heterocycles. The number of aromatic nitrogens is 3. The van der Waals surface area contributed by atoms with E-state index in [1.165, 1.54) is 12.8 Å². The number of hydrogen-bond donors (Lipinski definition) is 1. The van der Waals surface area contributed by atoms with Gasteiger partial charge < -0.3 is 19.5 Å². The second-order valence-corrected chi connectivity index (χ2v) is 16.5. The minimum Gasteiger partial charge on any atom is -0.461 e. The molecule has 43 heavy (non-hydrogen) atoms. The zero-order chi connectivity index (χ0) is 29.3. The Hall–Kier alpha value is -3.13. The Morgan fingerprint density at radius 2 is 1.79 bits per heavy atom. The van der Waals surface area contributed by atoms with Crippen LogP contribution in [0.15, 0.2) is 42.6 Å². The summed E-state index contributed by atoms with van der Waals surface area (Å²) in [7, 11) is -2.61. The summed E-state index contributed by atoms with van der Waals surface area (Å²) in [6, 6.07) is 12.6. The molecular weight excluding hydrogens is 562 g/mol. The molecule has 2 unspecified atom stereocenters. The first-order chi connectivity index (χ1) is 20.8. The lowest BCUT2D eigenvalue weighted by Crippen LogP contribution is -2.51. The zero-order valence-corrected chi connectivity index (χ0v) is 25.7. The largest absolute Gasteiger partial charge is 0.461 e. The predicted molar refractivity (Wildman–Crippen MR) is 170 cm³/mol. The third-order valence-electron chi connectivity index (χ3n) is 10.2. The summed E-state index contributed by atoms with van der Waals surface area (Å²) in [5, 5.41) is 6.73. The first-order valence-corrected chi connectivity index (χ1v) is 18.2. The van der Waals surface area contributed by atoms with Crippen molar-refractivity contribution in [3.63, 3.8) is 0 Å². The second-order valence-electron chi connectivity index (χ2n) is 13.3. The van der Waals surface area contributed by atoms with Crippen molar-refractivity contribution < 1.29 is 13.7 Å². The average Bonchev–Trinajstić information content (AvgIpc) is 3.68. The number of benzene rings is 2. The van der Waals surface area contributed by atoms with E-state index in [0.29, 0.717) is 40.8 Å². The monoisotopic (exact) mass is 600 g/mol. The van der Waals surface area contributed by atoms with E-state index in [2.05, 4.69) is 15.1 Å². The van der Waals surface area contributed by atoms with Crippen LogP contribution in [-0.4, -0.2) is 83.6 Å². The van der Waals surface area contributed by atoms with E-state index in [0.717, 1.165) is 62.6 Å². The van der Waals surface area contributed by atoms with Gasteiger partial charge in [-0.15, -0.1) is 0 Å². The van der Waals surface area contributed by atoms with Crippen molar-refractivity contribution in [1.29, 1.82) is 0 Å². The van der Waals surface area contributed by atoms with Gasteiger partial charge in [0.1, 0.15) is 30.8 Å². The summed E-state index contributed by atoms with van der Waals surface area (Å²) < 4.78 is 36.4.